The molecule has 0 spiro atoms. The molecule has 5 nitrogen and oxygen atoms in total. The summed E-state index contributed by atoms with van der Waals surface area (Å²) in [4.78, 5) is 22.6. The highest BCUT2D eigenvalue weighted by molar-refractivity contribution is 7.22. The van der Waals surface area contributed by atoms with Crippen molar-refractivity contribution in [3.05, 3.63) is 83.7 Å². The van der Waals surface area contributed by atoms with Gasteiger partial charge in [-0.15, -0.1) is 0 Å². The minimum atomic E-state index is -0.298. The van der Waals surface area contributed by atoms with Crippen molar-refractivity contribution in [1.29, 1.82) is 0 Å². The molecule has 0 aliphatic rings. The van der Waals surface area contributed by atoms with E-state index in [9.17, 15) is 9.18 Å². The molecule has 3 N–H and O–H groups in total. The Kier molecular flexibility index (Phi) is 5.62. The number of aromatic nitrogens is 2. The Morgan fingerprint density at radius 1 is 0.970 bits per heavy atom. The van der Waals surface area contributed by atoms with E-state index in [1.54, 1.807) is 12.1 Å². The van der Waals surface area contributed by atoms with Crippen LogP contribution in [0.1, 0.15) is 11.1 Å². The first kappa shape index (κ1) is 21.2. The molecule has 0 saturated heterocycles. The Labute approximate surface area is 197 Å². The molecule has 0 aliphatic carbocycles. The molecule has 0 bridgehead atoms. The minimum Gasteiger partial charge on any atom is -0.375 e. The first-order valence-corrected chi connectivity index (χ1v) is 11.9. The van der Waals surface area contributed by atoms with Gasteiger partial charge in [-0.05, 0) is 42.3 Å². The second kappa shape index (κ2) is 8.73. The van der Waals surface area contributed by atoms with Gasteiger partial charge in [0.1, 0.15) is 5.82 Å². The third kappa shape index (κ3) is 4.62. The van der Waals surface area contributed by atoms with E-state index in [1.807, 2.05) is 49.4 Å². The Bertz CT molecular complexity index is 1390. The van der Waals surface area contributed by atoms with E-state index in [2.05, 4.69) is 10.3 Å². The molecule has 0 unspecified atom stereocenters. The van der Waals surface area contributed by atoms with Crippen LogP contribution in [-0.2, 0) is 11.2 Å². The van der Waals surface area contributed by atoms with Gasteiger partial charge in [-0.25, -0.2) is 14.4 Å². The molecule has 164 valence electrons. The molecular formula is C25H19FN4OS2. The second-order valence-electron chi connectivity index (χ2n) is 7.65. The van der Waals surface area contributed by atoms with Gasteiger partial charge in [-0.2, -0.15) is 0 Å². The highest BCUT2D eigenvalue weighted by atomic mass is 32.1. The maximum absolute atomic E-state index is 13.5. The van der Waals surface area contributed by atoms with Crippen LogP contribution in [0.3, 0.4) is 0 Å². The van der Waals surface area contributed by atoms with Crippen LogP contribution in [0.4, 0.5) is 14.7 Å². The Morgan fingerprint density at radius 2 is 1.70 bits per heavy atom. The van der Waals surface area contributed by atoms with Crippen molar-refractivity contribution in [3.8, 4) is 21.7 Å². The summed E-state index contributed by atoms with van der Waals surface area (Å²) in [7, 11) is 0. The molecule has 5 rings (SSSR count). The average Bonchev–Trinajstić information content (AvgIpc) is 3.37. The van der Waals surface area contributed by atoms with Gasteiger partial charge >= 0.3 is 0 Å². The van der Waals surface area contributed by atoms with Crippen molar-refractivity contribution in [2.45, 2.75) is 13.3 Å². The maximum atomic E-state index is 13.5. The summed E-state index contributed by atoms with van der Waals surface area (Å²) in [5, 5.41) is 3.93. The van der Waals surface area contributed by atoms with Crippen LogP contribution >= 0.6 is 22.7 Å². The van der Waals surface area contributed by atoms with Crippen LogP contribution in [0.5, 0.6) is 0 Å². The number of rotatable bonds is 5. The SMILES string of the molecule is Cc1ccc(-c2nc(NC(=O)Cc3ccc4nc(N)sc4c3)sc2-c2ccc(F)cc2)cc1. The number of nitrogens with two attached hydrogens (primary N) is 1. The predicted molar refractivity (Wildman–Crippen MR) is 134 cm³/mol. The smallest absolute Gasteiger partial charge is 0.230 e. The summed E-state index contributed by atoms with van der Waals surface area (Å²) in [5.41, 5.74) is 11.2. The molecule has 0 radical (unpaired) electrons. The zero-order chi connectivity index (χ0) is 22.9. The van der Waals surface area contributed by atoms with Gasteiger partial charge in [0.05, 0.1) is 27.2 Å². The lowest BCUT2D eigenvalue weighted by Crippen LogP contribution is -2.14. The second-order valence-corrected chi connectivity index (χ2v) is 9.71. The van der Waals surface area contributed by atoms with Gasteiger partial charge in [0, 0.05) is 5.56 Å². The lowest BCUT2D eigenvalue weighted by molar-refractivity contribution is -0.115. The maximum Gasteiger partial charge on any atom is 0.230 e. The van der Waals surface area contributed by atoms with Crippen LogP contribution in [0.2, 0.25) is 0 Å². The highest BCUT2D eigenvalue weighted by Gasteiger charge is 2.17. The van der Waals surface area contributed by atoms with E-state index in [-0.39, 0.29) is 18.1 Å². The number of nitrogen functional groups attached to an aromatic ring is 1. The van der Waals surface area contributed by atoms with Gasteiger partial charge in [0.25, 0.3) is 0 Å². The Balaban J connectivity index is 1.43. The number of nitrogens with zero attached hydrogens (tertiary/aromatic N) is 2. The van der Waals surface area contributed by atoms with E-state index in [1.165, 1.54) is 34.8 Å². The number of anilines is 2. The summed E-state index contributed by atoms with van der Waals surface area (Å²) in [6.45, 7) is 2.02. The number of nitrogens with one attached hydrogen (secondary N) is 1. The molecule has 0 fully saturated rings. The molecule has 33 heavy (non-hydrogen) atoms. The van der Waals surface area contributed by atoms with E-state index < -0.39 is 0 Å². The predicted octanol–water partition coefficient (Wildman–Crippen LogP) is 6.30. The van der Waals surface area contributed by atoms with Crippen molar-refractivity contribution in [3.63, 3.8) is 0 Å². The summed E-state index contributed by atoms with van der Waals surface area (Å²) >= 11 is 2.77. The van der Waals surface area contributed by atoms with Crippen molar-refractivity contribution in [2.24, 2.45) is 0 Å². The van der Waals surface area contributed by atoms with Crippen LogP contribution in [-0.4, -0.2) is 15.9 Å². The van der Waals surface area contributed by atoms with Gasteiger partial charge in [-0.1, -0.05) is 70.7 Å². The normalized spacial score (nSPS) is 11.1. The molecule has 2 heterocycles. The number of aryl methyl sites for hydroxylation is 1. The third-order valence-corrected chi connectivity index (χ3v) is 7.01. The van der Waals surface area contributed by atoms with Gasteiger partial charge in [0.15, 0.2) is 10.3 Å². The Hall–Kier alpha value is -3.62. The van der Waals surface area contributed by atoms with Crippen LogP contribution in [0, 0.1) is 12.7 Å². The Morgan fingerprint density at radius 3 is 2.45 bits per heavy atom. The fraction of sp³-hybridized carbons (Fsp3) is 0.0800. The lowest BCUT2D eigenvalue weighted by atomic mass is 10.1. The highest BCUT2D eigenvalue weighted by Crippen LogP contribution is 2.39. The zero-order valence-corrected chi connectivity index (χ0v) is 19.3. The number of fused-ring (bicyclic) bond motifs is 1. The van der Waals surface area contributed by atoms with Crippen molar-refractivity contribution < 1.29 is 9.18 Å². The number of carbonyl (C=O) groups is 1. The first-order valence-electron chi connectivity index (χ1n) is 10.2. The molecule has 5 aromatic rings. The molecule has 0 atom stereocenters. The number of hydrogen-bond acceptors (Lipinski definition) is 6. The fourth-order valence-electron chi connectivity index (χ4n) is 3.52. The third-order valence-electron chi connectivity index (χ3n) is 5.14. The largest absolute Gasteiger partial charge is 0.375 e. The molecular weight excluding hydrogens is 455 g/mol. The molecule has 0 aliphatic heterocycles. The van der Waals surface area contributed by atoms with Crippen LogP contribution < -0.4 is 11.1 Å². The topological polar surface area (TPSA) is 80.9 Å². The van der Waals surface area contributed by atoms with Crippen molar-refractivity contribution in [1.82, 2.24) is 9.97 Å². The number of hydrogen-bond donors (Lipinski definition) is 2. The molecule has 3 aromatic carbocycles. The summed E-state index contributed by atoms with van der Waals surface area (Å²) in [6, 6.07) is 20.0. The fourth-order valence-corrected chi connectivity index (χ4v) is 5.33. The van der Waals surface area contributed by atoms with Crippen LogP contribution in [0.25, 0.3) is 31.9 Å². The number of benzene rings is 3. The minimum absolute atomic E-state index is 0.165. The lowest BCUT2D eigenvalue weighted by Gasteiger charge is -2.03. The molecule has 8 heteroatoms. The van der Waals surface area contributed by atoms with E-state index in [0.717, 1.165) is 43.0 Å². The molecule has 1 amide bonds. The van der Waals surface area contributed by atoms with Crippen molar-refractivity contribution >= 4 is 49.1 Å². The van der Waals surface area contributed by atoms with E-state index in [4.69, 9.17) is 10.7 Å². The standard InChI is InChI=1S/C25H19FN4OS2/c1-14-2-5-16(6-3-14)22-23(17-7-9-18(26)10-8-17)33-25(30-22)29-21(31)13-15-4-11-19-20(12-15)32-24(27)28-19/h2-12H,13H2,1H3,(H2,27,28)(H,29,30,31). The van der Waals surface area contributed by atoms with Gasteiger partial charge in [0.2, 0.25) is 5.91 Å². The van der Waals surface area contributed by atoms with E-state index in [0.29, 0.717) is 10.3 Å². The monoisotopic (exact) mass is 474 g/mol. The molecule has 0 saturated carbocycles. The summed E-state index contributed by atoms with van der Waals surface area (Å²) in [5.74, 6) is -0.463. The number of amides is 1. The zero-order valence-electron chi connectivity index (χ0n) is 17.6. The number of halogens is 1. The number of thiazole rings is 2. The van der Waals surface area contributed by atoms with Gasteiger partial charge in [-0.3, -0.25) is 4.79 Å². The van der Waals surface area contributed by atoms with E-state index >= 15 is 0 Å². The van der Waals surface area contributed by atoms with Crippen molar-refractivity contribution in [2.75, 3.05) is 11.1 Å². The van der Waals surface area contributed by atoms with Gasteiger partial charge < -0.3 is 11.1 Å². The summed E-state index contributed by atoms with van der Waals surface area (Å²) in [6.07, 6.45) is 0.207. The molecule has 2 aromatic heterocycles. The summed E-state index contributed by atoms with van der Waals surface area (Å²) < 4.78 is 14.4. The number of carbonyl (C=O) groups excluding carboxylic acids is 1. The quantitative estimate of drug-likeness (QED) is 0.313. The van der Waals surface area contributed by atoms with Crippen LogP contribution in [0.15, 0.2) is 66.7 Å². The first-order chi connectivity index (χ1) is 15.9. The average molecular weight is 475 g/mol.